The van der Waals surface area contributed by atoms with Crippen LogP contribution in [-0.2, 0) is 5.41 Å². The average molecular weight is 794 g/mol. The highest BCUT2D eigenvalue weighted by Gasteiger charge is 2.46. The molecular formula is C59H39NS. The molecule has 10 aromatic carbocycles. The minimum atomic E-state index is -0.500. The lowest BCUT2D eigenvalue weighted by molar-refractivity contribution is 0.768. The van der Waals surface area contributed by atoms with Gasteiger partial charge < -0.3 is 4.90 Å². The smallest absolute Gasteiger partial charge is 0.0714 e. The summed E-state index contributed by atoms with van der Waals surface area (Å²) in [4.78, 5) is 2.48. The van der Waals surface area contributed by atoms with Crippen molar-refractivity contribution >= 4 is 59.3 Å². The molecule has 1 aliphatic carbocycles. The minimum absolute atomic E-state index is 0.500. The molecule has 0 N–H and O–H groups in total. The highest BCUT2D eigenvalue weighted by Crippen LogP contribution is 2.57. The van der Waals surface area contributed by atoms with Crippen LogP contribution in [0, 0.1) is 0 Å². The van der Waals surface area contributed by atoms with Crippen LogP contribution in [0.4, 0.5) is 17.1 Å². The summed E-state index contributed by atoms with van der Waals surface area (Å²) >= 11 is 1.87. The molecule has 0 radical (unpaired) electrons. The van der Waals surface area contributed by atoms with E-state index in [9.17, 15) is 0 Å². The van der Waals surface area contributed by atoms with Gasteiger partial charge in [-0.15, -0.1) is 11.3 Å². The summed E-state index contributed by atoms with van der Waals surface area (Å²) in [6.07, 6.45) is 0. The summed E-state index contributed by atoms with van der Waals surface area (Å²) in [7, 11) is 0. The summed E-state index contributed by atoms with van der Waals surface area (Å²) in [5, 5.41) is 5.08. The lowest BCUT2D eigenvalue weighted by atomic mass is 9.67. The van der Waals surface area contributed by atoms with Crippen LogP contribution in [0.3, 0.4) is 0 Å². The van der Waals surface area contributed by atoms with Gasteiger partial charge in [0.05, 0.1) is 15.8 Å². The largest absolute Gasteiger partial charge is 0.309 e. The van der Waals surface area contributed by atoms with Gasteiger partial charge in [-0.05, 0) is 115 Å². The second-order valence-corrected chi connectivity index (χ2v) is 17.1. The van der Waals surface area contributed by atoms with Gasteiger partial charge in [0, 0.05) is 26.8 Å². The Hall–Kier alpha value is -7.52. The Kier molecular flexibility index (Phi) is 8.33. The first-order valence-electron chi connectivity index (χ1n) is 21.0. The van der Waals surface area contributed by atoms with Gasteiger partial charge in [-0.3, -0.25) is 0 Å². The van der Waals surface area contributed by atoms with Gasteiger partial charge in [0.15, 0.2) is 0 Å². The Balaban J connectivity index is 1.04. The second kappa shape index (κ2) is 14.3. The molecule has 0 spiro atoms. The highest BCUT2D eigenvalue weighted by atomic mass is 32.1. The standard InChI is InChI=1S/C59H39NS/c1-3-19-46(20-4-1)59(47-21-5-2-6-22-47)54-26-11-9-23-50(54)51-36-35-49(39-55(51)59)60(56-27-14-25-53-52-24-10-12-28-57(52)61-58(53)56)48-33-31-41(32-34-48)43-17-13-18-44(37-43)45-30-29-40-15-7-8-16-42(40)38-45/h1-39H. The third-order valence-corrected chi connectivity index (χ3v) is 13.9. The van der Waals surface area contributed by atoms with Crippen LogP contribution in [0.1, 0.15) is 22.3 Å². The number of nitrogens with zero attached hydrogens (tertiary/aromatic N) is 1. The average Bonchev–Trinajstić information content (AvgIpc) is 3.87. The normalized spacial score (nSPS) is 12.7. The van der Waals surface area contributed by atoms with Crippen LogP contribution in [0.2, 0.25) is 0 Å². The lowest BCUT2D eigenvalue weighted by Crippen LogP contribution is -2.28. The molecule has 286 valence electrons. The molecule has 1 heterocycles. The Labute approximate surface area is 360 Å². The van der Waals surface area contributed by atoms with Gasteiger partial charge >= 0.3 is 0 Å². The number of benzene rings is 10. The Morgan fingerprint density at radius 2 is 0.934 bits per heavy atom. The lowest BCUT2D eigenvalue weighted by Gasteiger charge is -2.35. The second-order valence-electron chi connectivity index (χ2n) is 16.0. The van der Waals surface area contributed by atoms with Crippen LogP contribution >= 0.6 is 11.3 Å². The molecule has 0 aliphatic heterocycles. The molecule has 0 bridgehead atoms. The van der Waals surface area contributed by atoms with E-state index in [2.05, 4.69) is 241 Å². The Morgan fingerprint density at radius 3 is 1.74 bits per heavy atom. The van der Waals surface area contributed by atoms with Crippen molar-refractivity contribution in [1.82, 2.24) is 0 Å². The number of thiophene rings is 1. The van der Waals surface area contributed by atoms with Gasteiger partial charge in [-0.2, -0.15) is 0 Å². The number of anilines is 3. The van der Waals surface area contributed by atoms with Crippen LogP contribution < -0.4 is 4.90 Å². The first-order chi connectivity index (χ1) is 30.2. The van der Waals surface area contributed by atoms with Crippen molar-refractivity contribution in [3.8, 4) is 33.4 Å². The van der Waals surface area contributed by atoms with E-state index in [4.69, 9.17) is 0 Å². The zero-order valence-electron chi connectivity index (χ0n) is 33.4. The van der Waals surface area contributed by atoms with Crippen LogP contribution in [0.5, 0.6) is 0 Å². The minimum Gasteiger partial charge on any atom is -0.309 e. The van der Waals surface area contributed by atoms with Crippen LogP contribution in [0.25, 0.3) is 64.3 Å². The molecule has 0 amide bonds. The van der Waals surface area contributed by atoms with Gasteiger partial charge in [0.25, 0.3) is 0 Å². The van der Waals surface area contributed by atoms with Crippen molar-refractivity contribution < 1.29 is 0 Å². The summed E-state index contributed by atoms with van der Waals surface area (Å²) in [5.74, 6) is 0. The predicted octanol–water partition coefficient (Wildman–Crippen LogP) is 16.4. The molecule has 1 aliphatic rings. The van der Waals surface area contributed by atoms with Crippen molar-refractivity contribution in [3.63, 3.8) is 0 Å². The Morgan fingerprint density at radius 1 is 0.344 bits per heavy atom. The first-order valence-corrected chi connectivity index (χ1v) is 21.8. The van der Waals surface area contributed by atoms with E-state index in [1.165, 1.54) is 92.3 Å². The highest BCUT2D eigenvalue weighted by molar-refractivity contribution is 7.26. The molecule has 0 saturated carbocycles. The fraction of sp³-hybridized carbons (Fsp3) is 0.0169. The maximum Gasteiger partial charge on any atom is 0.0714 e. The summed E-state index contributed by atoms with van der Waals surface area (Å²) in [6.45, 7) is 0. The van der Waals surface area contributed by atoms with Crippen molar-refractivity contribution in [2.24, 2.45) is 0 Å². The van der Waals surface area contributed by atoms with Crippen molar-refractivity contribution in [3.05, 3.63) is 259 Å². The quantitative estimate of drug-likeness (QED) is 0.155. The SMILES string of the molecule is c1ccc(C2(c3ccccc3)c3ccccc3-c3ccc(N(c4ccc(-c5cccc(-c6ccc7ccccc7c6)c5)cc4)c4cccc5c4sc4ccccc45)cc32)cc1. The fourth-order valence-electron chi connectivity index (χ4n) is 9.96. The van der Waals surface area contributed by atoms with E-state index in [0.29, 0.717) is 0 Å². The zero-order chi connectivity index (χ0) is 40.3. The maximum atomic E-state index is 2.48. The molecule has 61 heavy (non-hydrogen) atoms. The molecule has 0 unspecified atom stereocenters. The van der Waals surface area contributed by atoms with E-state index < -0.39 is 5.41 Å². The fourth-order valence-corrected chi connectivity index (χ4v) is 11.2. The summed E-state index contributed by atoms with van der Waals surface area (Å²) in [6, 6.07) is 87.3. The molecule has 12 rings (SSSR count). The van der Waals surface area contributed by atoms with Crippen LogP contribution in [-0.4, -0.2) is 0 Å². The van der Waals surface area contributed by atoms with E-state index in [1.807, 2.05) is 11.3 Å². The first kappa shape index (κ1) is 35.4. The molecule has 2 heteroatoms. The third-order valence-electron chi connectivity index (χ3n) is 12.7. The van der Waals surface area contributed by atoms with Crippen molar-refractivity contribution in [1.29, 1.82) is 0 Å². The molecule has 1 nitrogen and oxygen atoms in total. The summed E-state index contributed by atoms with van der Waals surface area (Å²) in [5.41, 5.74) is 15.4. The van der Waals surface area contributed by atoms with E-state index in [-0.39, 0.29) is 0 Å². The zero-order valence-corrected chi connectivity index (χ0v) is 34.2. The van der Waals surface area contributed by atoms with Gasteiger partial charge in [-0.1, -0.05) is 188 Å². The van der Waals surface area contributed by atoms with E-state index in [0.717, 1.165) is 11.4 Å². The van der Waals surface area contributed by atoms with E-state index >= 15 is 0 Å². The predicted molar refractivity (Wildman–Crippen MR) is 260 cm³/mol. The topological polar surface area (TPSA) is 3.24 Å². The Bertz CT molecular complexity index is 3380. The number of hydrogen-bond donors (Lipinski definition) is 0. The molecule has 11 aromatic rings. The van der Waals surface area contributed by atoms with Crippen molar-refractivity contribution in [2.45, 2.75) is 5.41 Å². The molecule has 0 atom stereocenters. The molecule has 0 fully saturated rings. The number of hydrogen-bond acceptors (Lipinski definition) is 2. The van der Waals surface area contributed by atoms with Crippen molar-refractivity contribution in [2.75, 3.05) is 4.90 Å². The molecule has 1 aromatic heterocycles. The molecule has 0 saturated heterocycles. The monoisotopic (exact) mass is 793 g/mol. The van der Waals surface area contributed by atoms with Gasteiger partial charge in [0.2, 0.25) is 0 Å². The number of rotatable bonds is 7. The van der Waals surface area contributed by atoms with Gasteiger partial charge in [-0.25, -0.2) is 0 Å². The third kappa shape index (κ3) is 5.68. The summed E-state index contributed by atoms with van der Waals surface area (Å²) < 4.78 is 2.57. The molecular weight excluding hydrogens is 755 g/mol. The number of fused-ring (bicyclic) bond motifs is 7. The van der Waals surface area contributed by atoms with Crippen LogP contribution in [0.15, 0.2) is 237 Å². The van der Waals surface area contributed by atoms with Gasteiger partial charge in [0.1, 0.15) is 0 Å². The van der Waals surface area contributed by atoms with E-state index in [1.54, 1.807) is 0 Å². The maximum absolute atomic E-state index is 2.48.